The quantitative estimate of drug-likeness (QED) is 0.556. The maximum Gasteiger partial charge on any atom is 0.414 e. The summed E-state index contributed by atoms with van der Waals surface area (Å²) < 4.78 is 23.5. The number of imidazole rings is 2. The molecule has 0 bridgehead atoms. The summed E-state index contributed by atoms with van der Waals surface area (Å²) in [4.78, 5) is 33.1. The van der Waals surface area contributed by atoms with E-state index < -0.39 is 18.0 Å². The number of hydrogen-bond donors (Lipinski definition) is 2. The maximum atomic E-state index is 14.8. The van der Waals surface area contributed by atoms with Crippen LogP contribution >= 0.6 is 12.6 Å². The zero-order chi connectivity index (χ0) is 21.1. The molecule has 1 unspecified atom stereocenters. The van der Waals surface area contributed by atoms with E-state index >= 15 is 0 Å². The van der Waals surface area contributed by atoms with Crippen LogP contribution in [-0.2, 0) is 16.1 Å². The lowest BCUT2D eigenvalue weighted by Crippen LogP contribution is -2.35. The molecule has 1 saturated heterocycles. The Labute approximate surface area is 176 Å². The van der Waals surface area contributed by atoms with Crippen LogP contribution in [0.1, 0.15) is 5.69 Å². The second kappa shape index (κ2) is 8.57. The number of amides is 2. The van der Waals surface area contributed by atoms with Gasteiger partial charge in [0.1, 0.15) is 11.9 Å². The van der Waals surface area contributed by atoms with E-state index in [2.05, 4.69) is 27.9 Å². The van der Waals surface area contributed by atoms with Crippen molar-refractivity contribution in [2.24, 2.45) is 0 Å². The van der Waals surface area contributed by atoms with Gasteiger partial charge in [-0.25, -0.2) is 19.2 Å². The average molecular weight is 430 g/mol. The number of carbonyl (C=O) groups is 2. The standard InChI is InChI=1S/C19H19FN6O3S/c20-16-5-14(26-9-15(29-19(26)28)6-22-18(27)10-30)1-2-17(16)25-8-13(23-12-25)7-24-4-3-21-11-24/h1-5,8,11-12,15,30H,6-7,9-10H2,(H,22,27). The number of ether oxygens (including phenoxy) is 1. The zero-order valence-corrected chi connectivity index (χ0v) is 16.7. The number of carbonyl (C=O) groups excluding carboxylic acids is 2. The van der Waals surface area contributed by atoms with Gasteiger partial charge in [-0.15, -0.1) is 0 Å². The monoisotopic (exact) mass is 430 g/mol. The van der Waals surface area contributed by atoms with Crippen molar-refractivity contribution >= 4 is 30.3 Å². The summed E-state index contributed by atoms with van der Waals surface area (Å²) in [6, 6.07) is 4.50. The molecule has 4 rings (SSSR count). The first-order valence-corrected chi connectivity index (χ1v) is 9.81. The highest BCUT2D eigenvalue weighted by Gasteiger charge is 2.32. The predicted octanol–water partition coefficient (Wildman–Crippen LogP) is 1.63. The molecule has 1 N–H and O–H groups in total. The van der Waals surface area contributed by atoms with E-state index in [9.17, 15) is 14.0 Å². The highest BCUT2D eigenvalue weighted by molar-refractivity contribution is 7.81. The molecule has 0 saturated carbocycles. The maximum absolute atomic E-state index is 14.8. The third-order valence-corrected chi connectivity index (χ3v) is 4.89. The van der Waals surface area contributed by atoms with E-state index in [0.717, 1.165) is 5.69 Å². The molecular weight excluding hydrogens is 411 g/mol. The van der Waals surface area contributed by atoms with Gasteiger partial charge in [0, 0.05) is 18.6 Å². The van der Waals surface area contributed by atoms with E-state index in [1.807, 2.05) is 10.8 Å². The molecule has 11 heteroatoms. The molecule has 30 heavy (non-hydrogen) atoms. The van der Waals surface area contributed by atoms with Crippen molar-refractivity contribution in [2.45, 2.75) is 12.6 Å². The van der Waals surface area contributed by atoms with Crippen molar-refractivity contribution in [1.29, 1.82) is 0 Å². The first-order chi connectivity index (χ1) is 14.5. The van der Waals surface area contributed by atoms with Gasteiger partial charge in [0.15, 0.2) is 0 Å². The Balaban J connectivity index is 1.45. The minimum Gasteiger partial charge on any atom is -0.442 e. The molecule has 0 spiro atoms. The van der Waals surface area contributed by atoms with E-state index in [1.54, 1.807) is 35.4 Å². The SMILES string of the molecule is O=C(CS)NCC1CN(c2ccc(-n3cnc(Cn4ccnc4)c3)c(F)c2)C(=O)O1. The fourth-order valence-electron chi connectivity index (χ4n) is 3.14. The van der Waals surface area contributed by atoms with Crippen molar-refractivity contribution in [2.75, 3.05) is 23.7 Å². The van der Waals surface area contributed by atoms with Crippen LogP contribution in [0.4, 0.5) is 14.9 Å². The van der Waals surface area contributed by atoms with Gasteiger partial charge in [-0.1, -0.05) is 0 Å². The number of rotatable bonds is 7. The highest BCUT2D eigenvalue weighted by atomic mass is 32.1. The predicted molar refractivity (Wildman–Crippen MR) is 109 cm³/mol. The summed E-state index contributed by atoms with van der Waals surface area (Å²) >= 11 is 3.88. The van der Waals surface area contributed by atoms with E-state index in [1.165, 1.54) is 17.3 Å². The Hall–Kier alpha value is -3.34. The van der Waals surface area contributed by atoms with Crippen LogP contribution in [0.25, 0.3) is 5.69 Å². The molecule has 1 aliphatic rings. The summed E-state index contributed by atoms with van der Waals surface area (Å²) in [7, 11) is 0. The topological polar surface area (TPSA) is 94.3 Å². The van der Waals surface area contributed by atoms with Gasteiger partial charge in [0.05, 0.1) is 55.1 Å². The fraction of sp³-hybridized carbons (Fsp3) is 0.263. The number of cyclic esters (lactones) is 1. The Kier molecular flexibility index (Phi) is 5.70. The Bertz CT molecular complexity index is 1050. The van der Waals surface area contributed by atoms with Crippen molar-refractivity contribution in [1.82, 2.24) is 24.4 Å². The molecular formula is C19H19FN6O3S. The molecule has 2 aromatic heterocycles. The fourth-order valence-corrected chi connectivity index (χ4v) is 3.25. The normalized spacial score (nSPS) is 16.0. The molecule has 1 atom stereocenters. The molecule has 9 nitrogen and oxygen atoms in total. The molecule has 0 aliphatic carbocycles. The molecule has 156 valence electrons. The van der Waals surface area contributed by atoms with Crippen molar-refractivity contribution in [3.63, 3.8) is 0 Å². The Morgan fingerprint density at radius 1 is 1.37 bits per heavy atom. The number of benzene rings is 1. The minimum atomic E-state index is -0.586. The third kappa shape index (κ3) is 4.30. The molecule has 3 heterocycles. The molecule has 1 aromatic carbocycles. The van der Waals surface area contributed by atoms with E-state index in [-0.39, 0.29) is 24.7 Å². The molecule has 0 radical (unpaired) electrons. The van der Waals surface area contributed by atoms with Gasteiger partial charge in [0.25, 0.3) is 0 Å². The van der Waals surface area contributed by atoms with Gasteiger partial charge < -0.3 is 19.2 Å². The van der Waals surface area contributed by atoms with Crippen LogP contribution in [0, 0.1) is 5.82 Å². The lowest BCUT2D eigenvalue weighted by molar-refractivity contribution is -0.118. The number of aromatic nitrogens is 4. The number of halogens is 1. The summed E-state index contributed by atoms with van der Waals surface area (Å²) in [5.74, 6) is -0.704. The number of hydrogen-bond acceptors (Lipinski definition) is 6. The van der Waals surface area contributed by atoms with Gasteiger partial charge in [-0.05, 0) is 18.2 Å². The zero-order valence-electron chi connectivity index (χ0n) is 15.8. The molecule has 1 aliphatic heterocycles. The van der Waals surface area contributed by atoms with Crippen molar-refractivity contribution in [3.05, 3.63) is 61.0 Å². The van der Waals surface area contributed by atoms with Crippen molar-refractivity contribution in [3.8, 4) is 5.69 Å². The number of nitrogens with one attached hydrogen (secondary N) is 1. The average Bonchev–Trinajstić information content (AvgIpc) is 3.48. The second-order valence-electron chi connectivity index (χ2n) is 6.72. The molecule has 1 fully saturated rings. The van der Waals surface area contributed by atoms with Crippen LogP contribution in [0.3, 0.4) is 0 Å². The molecule has 2 amide bonds. The summed E-state index contributed by atoms with van der Waals surface area (Å²) in [6.07, 6.45) is 7.36. The largest absolute Gasteiger partial charge is 0.442 e. The van der Waals surface area contributed by atoms with Crippen molar-refractivity contribution < 1.29 is 18.7 Å². The summed E-state index contributed by atoms with van der Waals surface area (Å²) in [6.45, 7) is 0.916. The number of anilines is 1. The molecule has 3 aromatic rings. The Morgan fingerprint density at radius 2 is 2.23 bits per heavy atom. The van der Waals surface area contributed by atoms with Crippen LogP contribution in [-0.4, -0.2) is 56.0 Å². The minimum absolute atomic E-state index is 0.0509. The first-order valence-electron chi connectivity index (χ1n) is 9.17. The number of nitrogens with zero attached hydrogens (tertiary/aromatic N) is 5. The van der Waals surface area contributed by atoms with Crippen LogP contribution in [0.15, 0.2) is 49.4 Å². The summed E-state index contributed by atoms with van der Waals surface area (Å²) in [5, 5.41) is 2.62. The van der Waals surface area contributed by atoms with Gasteiger partial charge in [-0.3, -0.25) is 9.69 Å². The number of thiol groups is 1. The first kappa shape index (κ1) is 20.0. The third-order valence-electron chi connectivity index (χ3n) is 4.61. The lowest BCUT2D eigenvalue weighted by atomic mass is 10.2. The van der Waals surface area contributed by atoms with Gasteiger partial charge >= 0.3 is 6.09 Å². The van der Waals surface area contributed by atoms with Gasteiger partial charge in [-0.2, -0.15) is 12.6 Å². The van der Waals surface area contributed by atoms with Crippen LogP contribution < -0.4 is 10.2 Å². The van der Waals surface area contributed by atoms with Crippen LogP contribution in [0.2, 0.25) is 0 Å². The highest BCUT2D eigenvalue weighted by Crippen LogP contribution is 2.25. The van der Waals surface area contributed by atoms with E-state index in [0.29, 0.717) is 17.9 Å². The second-order valence-corrected chi connectivity index (χ2v) is 7.04. The smallest absolute Gasteiger partial charge is 0.414 e. The van der Waals surface area contributed by atoms with E-state index in [4.69, 9.17) is 4.74 Å². The summed E-state index contributed by atoms with van der Waals surface area (Å²) in [5.41, 5.74) is 1.45. The van der Waals surface area contributed by atoms with Crippen LogP contribution in [0.5, 0.6) is 0 Å². The Morgan fingerprint density at radius 3 is 2.97 bits per heavy atom. The van der Waals surface area contributed by atoms with Gasteiger partial charge in [0.2, 0.25) is 5.91 Å². The lowest BCUT2D eigenvalue weighted by Gasteiger charge is -2.14.